The lowest BCUT2D eigenvalue weighted by Crippen LogP contribution is -2.46. The molecule has 2 heterocycles. The topological polar surface area (TPSA) is 31.4 Å². The van der Waals surface area contributed by atoms with Gasteiger partial charge in [-0.1, -0.05) is 6.07 Å². The summed E-state index contributed by atoms with van der Waals surface area (Å²) in [5, 5.41) is 3.32. The van der Waals surface area contributed by atoms with Crippen LogP contribution < -0.4 is 5.32 Å². The molecule has 4 heteroatoms. The average molecular weight is 262 g/mol. The molecule has 2 rings (SSSR count). The van der Waals surface area contributed by atoms with Crippen molar-refractivity contribution < 1.29 is 0 Å². The number of aromatic nitrogens is 1. The van der Waals surface area contributed by atoms with Crippen LogP contribution in [-0.4, -0.2) is 60.6 Å². The van der Waals surface area contributed by atoms with Crippen LogP contribution >= 0.6 is 0 Å². The molecule has 0 aromatic carbocycles. The Kier molecular flexibility index (Phi) is 5.31. The molecule has 2 unspecified atom stereocenters. The molecule has 106 valence electrons. The van der Waals surface area contributed by atoms with Crippen molar-refractivity contribution in [2.75, 3.05) is 33.7 Å². The van der Waals surface area contributed by atoms with Gasteiger partial charge >= 0.3 is 0 Å². The number of nitrogens with zero attached hydrogens (tertiary/aromatic N) is 3. The lowest BCUT2D eigenvalue weighted by atomic mass is 10.2. The van der Waals surface area contributed by atoms with E-state index in [2.05, 4.69) is 46.2 Å². The third-order valence-corrected chi connectivity index (χ3v) is 4.15. The number of likely N-dealkylation sites (N-methyl/N-ethyl adjacent to an activating group) is 2. The van der Waals surface area contributed by atoms with Crippen molar-refractivity contribution in [1.29, 1.82) is 0 Å². The van der Waals surface area contributed by atoms with Crippen LogP contribution in [0.25, 0.3) is 0 Å². The van der Waals surface area contributed by atoms with Gasteiger partial charge in [0.1, 0.15) is 0 Å². The lowest BCUT2D eigenvalue weighted by Gasteiger charge is -2.31. The van der Waals surface area contributed by atoms with Crippen LogP contribution in [0.5, 0.6) is 0 Å². The van der Waals surface area contributed by atoms with Gasteiger partial charge in [0.05, 0.1) is 5.69 Å². The molecule has 1 aromatic heterocycles. The van der Waals surface area contributed by atoms with Gasteiger partial charge in [0.25, 0.3) is 0 Å². The third kappa shape index (κ3) is 4.00. The predicted molar refractivity (Wildman–Crippen MR) is 79.1 cm³/mol. The first-order valence-electron chi connectivity index (χ1n) is 7.19. The van der Waals surface area contributed by atoms with Gasteiger partial charge < -0.3 is 5.32 Å². The lowest BCUT2D eigenvalue weighted by molar-refractivity contribution is 0.171. The van der Waals surface area contributed by atoms with E-state index in [1.807, 2.05) is 19.3 Å². The Bertz CT molecular complexity index is 368. The molecule has 1 saturated heterocycles. The van der Waals surface area contributed by atoms with Gasteiger partial charge in [-0.25, -0.2) is 0 Å². The van der Waals surface area contributed by atoms with E-state index in [1.54, 1.807) is 0 Å². The zero-order valence-electron chi connectivity index (χ0n) is 12.3. The Morgan fingerprint density at radius 1 is 1.42 bits per heavy atom. The summed E-state index contributed by atoms with van der Waals surface area (Å²) < 4.78 is 0. The van der Waals surface area contributed by atoms with Crippen molar-refractivity contribution in [2.24, 2.45) is 0 Å². The number of pyridine rings is 1. The van der Waals surface area contributed by atoms with E-state index in [4.69, 9.17) is 0 Å². The minimum Gasteiger partial charge on any atom is -0.318 e. The van der Waals surface area contributed by atoms with E-state index in [0.717, 1.165) is 26.2 Å². The summed E-state index contributed by atoms with van der Waals surface area (Å²) in [6, 6.07) is 7.38. The van der Waals surface area contributed by atoms with E-state index in [0.29, 0.717) is 12.1 Å². The first kappa shape index (κ1) is 14.4. The molecule has 1 aliphatic heterocycles. The van der Waals surface area contributed by atoms with Crippen LogP contribution in [0, 0.1) is 0 Å². The molecule has 0 aliphatic carbocycles. The van der Waals surface area contributed by atoms with Gasteiger partial charge in [0.2, 0.25) is 0 Å². The number of hydrogen-bond acceptors (Lipinski definition) is 4. The zero-order chi connectivity index (χ0) is 13.7. The van der Waals surface area contributed by atoms with Crippen molar-refractivity contribution in [3.8, 4) is 0 Å². The Labute approximate surface area is 116 Å². The predicted octanol–water partition coefficient (Wildman–Crippen LogP) is 1.20. The maximum absolute atomic E-state index is 4.44. The molecule has 1 N–H and O–H groups in total. The van der Waals surface area contributed by atoms with Crippen LogP contribution in [-0.2, 0) is 6.54 Å². The molecule has 0 spiro atoms. The molecule has 1 fully saturated rings. The first-order chi connectivity index (χ1) is 9.20. The zero-order valence-corrected chi connectivity index (χ0v) is 12.3. The van der Waals surface area contributed by atoms with Gasteiger partial charge in [-0.2, -0.15) is 0 Å². The van der Waals surface area contributed by atoms with Gasteiger partial charge in [-0.15, -0.1) is 0 Å². The standard InChI is InChI=1S/C15H26N4/c1-13-7-9-19(11-14-6-4-5-8-17-14)12-15(10-16-2)18(13)3/h4-6,8,13,15-16H,7,9-12H2,1-3H3. The van der Waals surface area contributed by atoms with Crippen LogP contribution in [0.15, 0.2) is 24.4 Å². The molecule has 1 aliphatic rings. The summed E-state index contributed by atoms with van der Waals surface area (Å²) in [6.45, 7) is 6.59. The van der Waals surface area contributed by atoms with Crippen LogP contribution in [0.3, 0.4) is 0 Å². The molecule has 0 amide bonds. The van der Waals surface area contributed by atoms with Crippen molar-refractivity contribution >= 4 is 0 Å². The fourth-order valence-corrected chi connectivity index (χ4v) is 2.76. The fourth-order valence-electron chi connectivity index (χ4n) is 2.76. The summed E-state index contributed by atoms with van der Waals surface area (Å²) >= 11 is 0. The quantitative estimate of drug-likeness (QED) is 0.883. The summed E-state index contributed by atoms with van der Waals surface area (Å²) in [6.07, 6.45) is 3.11. The van der Waals surface area contributed by atoms with Gasteiger partial charge in [0, 0.05) is 44.5 Å². The van der Waals surface area contributed by atoms with Crippen molar-refractivity contribution in [2.45, 2.75) is 32.0 Å². The van der Waals surface area contributed by atoms with Crippen molar-refractivity contribution in [1.82, 2.24) is 20.1 Å². The number of rotatable bonds is 4. The molecule has 19 heavy (non-hydrogen) atoms. The maximum atomic E-state index is 4.44. The molecule has 1 aromatic rings. The normalized spacial score (nSPS) is 26.3. The minimum absolute atomic E-state index is 0.575. The molecule has 4 nitrogen and oxygen atoms in total. The van der Waals surface area contributed by atoms with Gasteiger partial charge in [-0.05, 0) is 39.6 Å². The second-order valence-electron chi connectivity index (χ2n) is 5.57. The second kappa shape index (κ2) is 6.98. The monoisotopic (exact) mass is 262 g/mol. The Balaban J connectivity index is 2.01. The van der Waals surface area contributed by atoms with Crippen LogP contribution in [0.4, 0.5) is 0 Å². The van der Waals surface area contributed by atoms with Crippen molar-refractivity contribution in [3.63, 3.8) is 0 Å². The third-order valence-electron chi connectivity index (χ3n) is 4.15. The molecular formula is C15H26N4. The summed E-state index contributed by atoms with van der Waals surface area (Å²) in [7, 11) is 4.28. The van der Waals surface area contributed by atoms with E-state index in [1.165, 1.54) is 12.1 Å². The Morgan fingerprint density at radius 3 is 2.95 bits per heavy atom. The second-order valence-corrected chi connectivity index (χ2v) is 5.57. The molecule has 0 radical (unpaired) electrons. The van der Waals surface area contributed by atoms with Crippen LogP contribution in [0.1, 0.15) is 19.0 Å². The largest absolute Gasteiger partial charge is 0.318 e. The van der Waals surface area contributed by atoms with Gasteiger partial charge in [-0.3, -0.25) is 14.8 Å². The minimum atomic E-state index is 0.575. The summed E-state index contributed by atoms with van der Waals surface area (Å²) in [5.74, 6) is 0. The maximum Gasteiger partial charge on any atom is 0.0543 e. The highest BCUT2D eigenvalue weighted by Gasteiger charge is 2.26. The Morgan fingerprint density at radius 2 is 2.26 bits per heavy atom. The summed E-state index contributed by atoms with van der Waals surface area (Å²) in [5.41, 5.74) is 1.17. The number of nitrogens with one attached hydrogen (secondary N) is 1. The molecule has 0 saturated carbocycles. The van der Waals surface area contributed by atoms with Gasteiger partial charge in [0.15, 0.2) is 0 Å². The fraction of sp³-hybridized carbons (Fsp3) is 0.667. The van der Waals surface area contributed by atoms with E-state index in [-0.39, 0.29) is 0 Å². The van der Waals surface area contributed by atoms with E-state index >= 15 is 0 Å². The highest BCUT2D eigenvalue weighted by Crippen LogP contribution is 2.15. The van der Waals surface area contributed by atoms with Crippen molar-refractivity contribution in [3.05, 3.63) is 30.1 Å². The highest BCUT2D eigenvalue weighted by molar-refractivity contribution is 5.03. The molecule has 2 atom stereocenters. The number of hydrogen-bond donors (Lipinski definition) is 1. The smallest absolute Gasteiger partial charge is 0.0543 e. The SMILES string of the molecule is CNCC1CN(Cc2ccccn2)CCC(C)N1C. The molecule has 0 bridgehead atoms. The van der Waals surface area contributed by atoms with E-state index < -0.39 is 0 Å². The van der Waals surface area contributed by atoms with E-state index in [9.17, 15) is 0 Å². The van der Waals surface area contributed by atoms with Crippen LogP contribution in [0.2, 0.25) is 0 Å². The molecular weight excluding hydrogens is 236 g/mol. The summed E-state index contributed by atoms with van der Waals surface area (Å²) in [4.78, 5) is 9.48. The Hall–Kier alpha value is -0.970. The highest BCUT2D eigenvalue weighted by atomic mass is 15.3. The average Bonchev–Trinajstić information content (AvgIpc) is 2.55. The first-order valence-corrected chi connectivity index (χ1v) is 7.19.